The van der Waals surface area contributed by atoms with Crippen LogP contribution in [0.3, 0.4) is 0 Å². The molecule has 0 aliphatic rings. The minimum absolute atomic E-state index is 0.187. The van der Waals surface area contributed by atoms with Crippen LogP contribution in [0.15, 0.2) is 18.2 Å². The SMILES string of the molecule is COC(=O)c1ccc(Cl)c(NC(=O)CNCCCN(C)C)c1. The highest BCUT2D eigenvalue weighted by Gasteiger charge is 2.11. The number of esters is 1. The number of carbonyl (C=O) groups is 2. The van der Waals surface area contributed by atoms with Crippen LogP contribution in [-0.4, -0.2) is 57.6 Å². The lowest BCUT2D eigenvalue weighted by molar-refractivity contribution is -0.115. The fourth-order valence-corrected chi connectivity index (χ4v) is 1.95. The molecule has 22 heavy (non-hydrogen) atoms. The van der Waals surface area contributed by atoms with E-state index in [0.717, 1.165) is 19.5 Å². The Morgan fingerprint density at radius 2 is 2.05 bits per heavy atom. The molecule has 0 atom stereocenters. The monoisotopic (exact) mass is 327 g/mol. The minimum Gasteiger partial charge on any atom is -0.465 e. The smallest absolute Gasteiger partial charge is 0.337 e. The number of hydrogen-bond acceptors (Lipinski definition) is 5. The van der Waals surface area contributed by atoms with E-state index in [4.69, 9.17) is 11.6 Å². The second-order valence-corrected chi connectivity index (χ2v) is 5.48. The Labute approximate surface area is 135 Å². The molecule has 2 N–H and O–H groups in total. The number of hydrogen-bond donors (Lipinski definition) is 2. The molecule has 1 rings (SSSR count). The predicted octanol–water partition coefficient (Wildman–Crippen LogP) is 1.61. The molecule has 0 unspecified atom stereocenters. The van der Waals surface area contributed by atoms with Crippen molar-refractivity contribution in [2.45, 2.75) is 6.42 Å². The van der Waals surface area contributed by atoms with Crippen LogP contribution < -0.4 is 10.6 Å². The van der Waals surface area contributed by atoms with E-state index in [0.29, 0.717) is 16.3 Å². The Morgan fingerprint density at radius 3 is 2.68 bits per heavy atom. The van der Waals surface area contributed by atoms with Gasteiger partial charge in [0.2, 0.25) is 5.91 Å². The molecule has 0 radical (unpaired) electrons. The number of amides is 1. The summed E-state index contributed by atoms with van der Waals surface area (Å²) in [6, 6.07) is 4.59. The standard InChI is InChI=1S/C15H22ClN3O3/c1-19(2)8-4-7-17-10-14(20)18-13-9-11(15(21)22-3)5-6-12(13)16/h5-6,9,17H,4,7-8,10H2,1-3H3,(H,18,20). The van der Waals surface area contributed by atoms with Crippen molar-refractivity contribution in [3.8, 4) is 0 Å². The molecule has 6 nitrogen and oxygen atoms in total. The Morgan fingerprint density at radius 1 is 1.32 bits per heavy atom. The molecule has 0 heterocycles. The summed E-state index contributed by atoms with van der Waals surface area (Å²) in [5.74, 6) is -0.692. The molecule has 7 heteroatoms. The number of nitrogens with zero attached hydrogens (tertiary/aromatic N) is 1. The molecule has 0 spiro atoms. The van der Waals surface area contributed by atoms with Gasteiger partial charge in [-0.3, -0.25) is 4.79 Å². The molecule has 122 valence electrons. The highest BCUT2D eigenvalue weighted by Crippen LogP contribution is 2.23. The zero-order valence-electron chi connectivity index (χ0n) is 13.1. The molecular weight excluding hydrogens is 306 g/mol. The van der Waals surface area contributed by atoms with Crippen LogP contribution in [0.2, 0.25) is 5.02 Å². The number of ether oxygens (including phenoxy) is 1. The fourth-order valence-electron chi connectivity index (χ4n) is 1.78. The van der Waals surface area contributed by atoms with E-state index in [1.165, 1.54) is 13.2 Å². The first kappa shape index (κ1) is 18.4. The van der Waals surface area contributed by atoms with Crippen LogP contribution in [0.5, 0.6) is 0 Å². The van der Waals surface area contributed by atoms with Gasteiger partial charge < -0.3 is 20.3 Å². The number of nitrogens with one attached hydrogen (secondary N) is 2. The number of rotatable bonds is 8. The summed E-state index contributed by atoms with van der Waals surface area (Å²) in [6.45, 7) is 1.90. The van der Waals surface area contributed by atoms with Crippen molar-refractivity contribution < 1.29 is 14.3 Å². The third kappa shape index (κ3) is 6.43. The number of methoxy groups -OCH3 is 1. The minimum atomic E-state index is -0.478. The zero-order chi connectivity index (χ0) is 16.5. The molecule has 1 amide bonds. The Bertz CT molecular complexity index is 521. The Kier molecular flexibility index (Phi) is 7.87. The normalized spacial score (nSPS) is 10.6. The number of benzene rings is 1. The van der Waals surface area contributed by atoms with Gasteiger partial charge in [-0.15, -0.1) is 0 Å². The van der Waals surface area contributed by atoms with Crippen molar-refractivity contribution in [1.82, 2.24) is 10.2 Å². The number of halogens is 1. The van der Waals surface area contributed by atoms with E-state index in [-0.39, 0.29) is 12.5 Å². The summed E-state index contributed by atoms with van der Waals surface area (Å²) in [6.07, 6.45) is 0.957. The maximum Gasteiger partial charge on any atom is 0.337 e. The van der Waals surface area contributed by atoms with E-state index in [9.17, 15) is 9.59 Å². The summed E-state index contributed by atoms with van der Waals surface area (Å²) in [5, 5.41) is 6.10. The van der Waals surface area contributed by atoms with E-state index in [2.05, 4.69) is 20.3 Å². The van der Waals surface area contributed by atoms with Crippen LogP contribution in [0.4, 0.5) is 5.69 Å². The van der Waals surface area contributed by atoms with E-state index in [1.54, 1.807) is 12.1 Å². The van der Waals surface area contributed by atoms with Crippen molar-refractivity contribution in [2.75, 3.05) is 46.2 Å². The Balaban J connectivity index is 2.48. The Hall–Kier alpha value is -1.63. The molecule has 0 aliphatic carbocycles. The third-order valence-corrected chi connectivity index (χ3v) is 3.24. The predicted molar refractivity (Wildman–Crippen MR) is 87.5 cm³/mol. The first-order valence-corrected chi connectivity index (χ1v) is 7.35. The van der Waals surface area contributed by atoms with Gasteiger partial charge in [-0.05, 0) is 51.8 Å². The summed E-state index contributed by atoms with van der Waals surface area (Å²) < 4.78 is 4.64. The molecule has 0 aliphatic heterocycles. The van der Waals surface area contributed by atoms with Gasteiger partial charge in [0.05, 0.1) is 29.9 Å². The van der Waals surface area contributed by atoms with Gasteiger partial charge in [0.15, 0.2) is 0 Å². The summed E-state index contributed by atoms with van der Waals surface area (Å²) in [4.78, 5) is 25.4. The van der Waals surface area contributed by atoms with Crippen LogP contribution in [-0.2, 0) is 9.53 Å². The summed E-state index contributed by atoms with van der Waals surface area (Å²) in [7, 11) is 5.30. The lowest BCUT2D eigenvalue weighted by Crippen LogP contribution is -2.30. The van der Waals surface area contributed by atoms with Gasteiger partial charge in [0.25, 0.3) is 0 Å². The average Bonchev–Trinajstić information content (AvgIpc) is 2.48. The lowest BCUT2D eigenvalue weighted by atomic mass is 10.2. The van der Waals surface area contributed by atoms with E-state index in [1.807, 2.05) is 14.1 Å². The van der Waals surface area contributed by atoms with Crippen LogP contribution >= 0.6 is 11.6 Å². The van der Waals surface area contributed by atoms with Crippen LogP contribution in [0, 0.1) is 0 Å². The van der Waals surface area contributed by atoms with Crippen molar-refractivity contribution in [1.29, 1.82) is 0 Å². The molecule has 0 bridgehead atoms. The summed E-state index contributed by atoms with van der Waals surface area (Å²) in [5.41, 5.74) is 0.728. The van der Waals surface area contributed by atoms with Crippen LogP contribution in [0.25, 0.3) is 0 Å². The zero-order valence-corrected chi connectivity index (χ0v) is 13.9. The van der Waals surface area contributed by atoms with E-state index >= 15 is 0 Å². The number of carbonyl (C=O) groups excluding carboxylic acids is 2. The fraction of sp³-hybridized carbons (Fsp3) is 0.467. The maximum absolute atomic E-state index is 11.9. The van der Waals surface area contributed by atoms with Gasteiger partial charge in [0.1, 0.15) is 0 Å². The van der Waals surface area contributed by atoms with Crippen molar-refractivity contribution in [2.24, 2.45) is 0 Å². The molecule has 0 fully saturated rings. The van der Waals surface area contributed by atoms with Gasteiger partial charge in [0, 0.05) is 0 Å². The topological polar surface area (TPSA) is 70.7 Å². The second-order valence-electron chi connectivity index (χ2n) is 5.07. The second kappa shape index (κ2) is 9.40. The third-order valence-electron chi connectivity index (χ3n) is 2.91. The molecule has 1 aromatic rings. The van der Waals surface area contributed by atoms with Gasteiger partial charge >= 0.3 is 5.97 Å². The van der Waals surface area contributed by atoms with E-state index < -0.39 is 5.97 Å². The number of anilines is 1. The van der Waals surface area contributed by atoms with Gasteiger partial charge in [-0.2, -0.15) is 0 Å². The van der Waals surface area contributed by atoms with Crippen LogP contribution in [0.1, 0.15) is 16.8 Å². The molecular formula is C15H22ClN3O3. The maximum atomic E-state index is 11.9. The molecule has 0 saturated heterocycles. The first-order chi connectivity index (χ1) is 10.4. The molecule has 1 aromatic carbocycles. The largest absolute Gasteiger partial charge is 0.465 e. The average molecular weight is 328 g/mol. The van der Waals surface area contributed by atoms with Crippen molar-refractivity contribution in [3.05, 3.63) is 28.8 Å². The summed E-state index contributed by atoms with van der Waals surface area (Å²) >= 11 is 6.01. The quantitative estimate of drug-likeness (QED) is 0.560. The highest BCUT2D eigenvalue weighted by molar-refractivity contribution is 6.33. The van der Waals surface area contributed by atoms with Crippen molar-refractivity contribution >= 4 is 29.2 Å². The van der Waals surface area contributed by atoms with Gasteiger partial charge in [-0.25, -0.2) is 4.79 Å². The lowest BCUT2D eigenvalue weighted by Gasteiger charge is -2.11. The first-order valence-electron chi connectivity index (χ1n) is 6.97. The van der Waals surface area contributed by atoms with Gasteiger partial charge in [-0.1, -0.05) is 11.6 Å². The molecule has 0 aromatic heterocycles. The highest BCUT2D eigenvalue weighted by atomic mass is 35.5. The van der Waals surface area contributed by atoms with Crippen molar-refractivity contribution in [3.63, 3.8) is 0 Å². The molecule has 0 saturated carbocycles.